The molecule has 0 saturated heterocycles. The van der Waals surface area contributed by atoms with Gasteiger partial charge in [0.25, 0.3) is 0 Å². The Bertz CT molecular complexity index is 436. The van der Waals surface area contributed by atoms with E-state index in [1.165, 1.54) is 11.8 Å². The first kappa shape index (κ1) is 13.6. The number of thioether (sulfide) groups is 1. The molecule has 0 saturated carbocycles. The van der Waals surface area contributed by atoms with Gasteiger partial charge in [-0.25, -0.2) is 4.79 Å². The van der Waals surface area contributed by atoms with Crippen LogP contribution in [-0.2, 0) is 4.79 Å². The van der Waals surface area contributed by atoms with E-state index in [1.807, 2.05) is 0 Å². The summed E-state index contributed by atoms with van der Waals surface area (Å²) in [4.78, 5) is 14.7. The molecule has 0 aromatic heterocycles. The van der Waals surface area contributed by atoms with E-state index in [2.05, 4.69) is 4.99 Å². The Morgan fingerprint density at radius 1 is 1.44 bits per heavy atom. The Morgan fingerprint density at radius 2 is 2.12 bits per heavy atom. The van der Waals surface area contributed by atoms with Crippen molar-refractivity contribution in [1.29, 1.82) is 0 Å². The third kappa shape index (κ3) is 2.79. The van der Waals surface area contributed by atoms with E-state index < -0.39 is 12.0 Å². The summed E-state index contributed by atoms with van der Waals surface area (Å²) in [6.07, 6.45) is 0. The summed E-state index contributed by atoms with van der Waals surface area (Å²) >= 11 is 1.36. The minimum atomic E-state index is -0.923. The van der Waals surface area contributed by atoms with Crippen molar-refractivity contribution in [1.82, 2.24) is 0 Å². The van der Waals surface area contributed by atoms with Gasteiger partial charge in [0.2, 0.25) is 0 Å². The number of hydrogen-bond acceptors (Lipinski definition) is 4. The van der Waals surface area contributed by atoms with Crippen molar-refractivity contribution in [2.24, 2.45) is 4.99 Å². The Morgan fingerprint density at radius 3 is 2.69 bits per heavy atom. The van der Waals surface area contributed by atoms with E-state index in [9.17, 15) is 9.90 Å². The van der Waals surface area contributed by atoms with Gasteiger partial charge in [-0.05, 0) is 12.1 Å². The number of rotatable bonds is 2. The quantitative estimate of drug-likeness (QED) is 0.754. The Kier molecular flexibility index (Phi) is 4.86. The van der Waals surface area contributed by atoms with Gasteiger partial charge in [0, 0.05) is 11.3 Å². The molecule has 0 amide bonds. The Labute approximate surface area is 119 Å². The Hall–Kier alpha value is -0.490. The first-order chi connectivity index (χ1) is 7.18. The van der Waals surface area contributed by atoms with Gasteiger partial charge in [0.1, 0.15) is 10.8 Å². The van der Waals surface area contributed by atoms with Crippen LogP contribution in [0.25, 0.3) is 0 Å². The Balaban J connectivity index is 0.00000128. The van der Waals surface area contributed by atoms with Gasteiger partial charge in [-0.1, -0.05) is 12.1 Å². The zero-order valence-electron chi connectivity index (χ0n) is 7.75. The van der Waals surface area contributed by atoms with Gasteiger partial charge in [-0.2, -0.15) is 0 Å². The molecule has 0 fully saturated rings. The van der Waals surface area contributed by atoms with Gasteiger partial charge in [-0.15, -0.1) is 11.8 Å². The molecule has 1 aliphatic heterocycles. The molecule has 1 aromatic carbocycles. The van der Waals surface area contributed by atoms with Crippen LogP contribution in [0.5, 0.6) is 5.75 Å². The summed E-state index contributed by atoms with van der Waals surface area (Å²) < 4.78 is 0. The number of phenols is 1. The van der Waals surface area contributed by atoms with Gasteiger partial charge in [0.05, 0.1) is 0 Å². The fraction of sp³-hybridized carbons (Fsp3) is 0.200. The number of aliphatic carboxylic acids is 1. The van der Waals surface area contributed by atoms with Gasteiger partial charge in [-0.3, -0.25) is 4.99 Å². The average Bonchev–Trinajstić information content (AvgIpc) is 2.67. The maximum absolute atomic E-state index is 10.7. The molecule has 80 valence electrons. The van der Waals surface area contributed by atoms with Crippen molar-refractivity contribution < 1.29 is 15.0 Å². The predicted molar refractivity (Wildman–Crippen MR) is 65.7 cm³/mol. The van der Waals surface area contributed by atoms with Crippen LogP contribution in [0.2, 0.25) is 0 Å². The molecule has 1 aromatic rings. The molecule has 1 heterocycles. The number of hydrogen-bond donors (Lipinski definition) is 2. The summed E-state index contributed by atoms with van der Waals surface area (Å²) in [6, 6.07) is 6.10. The predicted octanol–water partition coefficient (Wildman–Crippen LogP) is 0.690. The molecule has 16 heavy (non-hydrogen) atoms. The van der Waals surface area contributed by atoms with E-state index in [0.29, 0.717) is 16.4 Å². The van der Waals surface area contributed by atoms with Crippen molar-refractivity contribution >= 4 is 52.3 Å². The van der Waals surface area contributed by atoms with Crippen LogP contribution < -0.4 is 0 Å². The van der Waals surface area contributed by atoms with E-state index in [0.717, 1.165) is 0 Å². The third-order valence-electron chi connectivity index (χ3n) is 2.07. The molecular formula is C10H10NNaO3S. The topological polar surface area (TPSA) is 69.9 Å². The molecule has 2 N–H and O–H groups in total. The second kappa shape index (κ2) is 5.72. The molecule has 1 atom stereocenters. The number of para-hydroxylation sites is 1. The number of nitrogens with zero attached hydrogens (tertiary/aromatic N) is 1. The van der Waals surface area contributed by atoms with Crippen molar-refractivity contribution in [2.45, 2.75) is 6.04 Å². The van der Waals surface area contributed by atoms with Gasteiger partial charge < -0.3 is 10.2 Å². The molecular weight excluding hydrogens is 237 g/mol. The average molecular weight is 247 g/mol. The van der Waals surface area contributed by atoms with E-state index in [-0.39, 0.29) is 35.3 Å². The standard InChI is InChI=1S/C10H9NO3S.Na.H/c12-8-4-2-1-3-6(8)9-11-7(5-15-9)10(13)14;;/h1-4,7,12H,5H2,(H,13,14);;. The van der Waals surface area contributed by atoms with Gasteiger partial charge in [0.15, 0.2) is 6.04 Å². The summed E-state index contributed by atoms with van der Waals surface area (Å²) in [5.41, 5.74) is 0.603. The molecule has 4 nitrogen and oxygen atoms in total. The maximum atomic E-state index is 10.7. The van der Waals surface area contributed by atoms with E-state index >= 15 is 0 Å². The van der Waals surface area contributed by atoms with Crippen molar-refractivity contribution in [2.75, 3.05) is 5.75 Å². The summed E-state index contributed by atoms with van der Waals surface area (Å²) in [5, 5.41) is 18.9. The summed E-state index contributed by atoms with van der Waals surface area (Å²) in [6.45, 7) is 0. The normalized spacial score (nSPS) is 18.8. The fourth-order valence-electron chi connectivity index (χ4n) is 1.30. The SMILES string of the molecule is O=C(O)C1CSC(c2ccccc2O)=N1.[NaH]. The van der Waals surface area contributed by atoms with Crippen molar-refractivity contribution in [3.05, 3.63) is 29.8 Å². The monoisotopic (exact) mass is 247 g/mol. The molecule has 1 unspecified atom stereocenters. The van der Waals surface area contributed by atoms with E-state index in [4.69, 9.17) is 5.11 Å². The fourth-order valence-corrected chi connectivity index (χ4v) is 2.36. The molecule has 1 aliphatic rings. The number of carbonyl (C=O) groups is 1. The molecule has 0 radical (unpaired) electrons. The van der Waals surface area contributed by atoms with Crippen LogP contribution in [0.1, 0.15) is 5.56 Å². The minimum absolute atomic E-state index is 0. The van der Waals surface area contributed by atoms with Crippen molar-refractivity contribution in [3.8, 4) is 5.75 Å². The number of aromatic hydroxyl groups is 1. The zero-order chi connectivity index (χ0) is 10.8. The zero-order valence-corrected chi connectivity index (χ0v) is 8.57. The van der Waals surface area contributed by atoms with Crippen LogP contribution in [0.15, 0.2) is 29.3 Å². The molecule has 2 rings (SSSR count). The second-order valence-electron chi connectivity index (χ2n) is 3.12. The molecule has 6 heteroatoms. The van der Waals surface area contributed by atoms with Crippen LogP contribution in [0, 0.1) is 0 Å². The molecule has 0 bridgehead atoms. The number of carboxylic acid groups (broad SMARTS) is 1. The van der Waals surface area contributed by atoms with E-state index in [1.54, 1.807) is 24.3 Å². The second-order valence-corrected chi connectivity index (χ2v) is 4.13. The van der Waals surface area contributed by atoms with Crippen LogP contribution in [0.3, 0.4) is 0 Å². The van der Waals surface area contributed by atoms with Crippen LogP contribution in [0.4, 0.5) is 0 Å². The number of phenolic OH excluding ortho intramolecular Hbond substituents is 1. The van der Waals surface area contributed by atoms with Crippen LogP contribution in [-0.4, -0.2) is 62.6 Å². The number of aliphatic imine (C=N–C) groups is 1. The summed E-state index contributed by atoms with van der Waals surface area (Å²) in [5.74, 6) is -0.360. The molecule has 0 spiro atoms. The first-order valence-electron chi connectivity index (χ1n) is 4.40. The number of benzene rings is 1. The van der Waals surface area contributed by atoms with Gasteiger partial charge >= 0.3 is 35.5 Å². The van der Waals surface area contributed by atoms with Crippen LogP contribution >= 0.6 is 11.8 Å². The third-order valence-corrected chi connectivity index (χ3v) is 3.15. The first-order valence-corrected chi connectivity index (χ1v) is 5.39. The summed E-state index contributed by atoms with van der Waals surface area (Å²) in [7, 11) is 0. The number of carboxylic acids is 1. The molecule has 0 aliphatic carbocycles. The van der Waals surface area contributed by atoms with Crippen molar-refractivity contribution in [3.63, 3.8) is 0 Å².